The van der Waals surface area contributed by atoms with E-state index in [0.29, 0.717) is 28.4 Å². The van der Waals surface area contributed by atoms with Gasteiger partial charge in [0.15, 0.2) is 0 Å². The molecule has 2 rings (SSSR count). The molecule has 0 aromatic heterocycles. The molecule has 26 heavy (non-hydrogen) atoms. The Hall–Kier alpha value is -3.53. The SMILES string of the molecule is COc1ccc(NC(C)=O)cc1NC(C)C(=O)Nc1cccc(C#N)c1. The highest BCUT2D eigenvalue weighted by atomic mass is 16.5. The number of methoxy groups -OCH3 is 1. The number of benzene rings is 2. The van der Waals surface area contributed by atoms with Crippen LogP contribution in [0, 0.1) is 11.3 Å². The van der Waals surface area contributed by atoms with Crippen molar-refractivity contribution in [2.75, 3.05) is 23.1 Å². The van der Waals surface area contributed by atoms with Gasteiger partial charge in [0.2, 0.25) is 11.8 Å². The Balaban J connectivity index is 2.12. The average Bonchev–Trinajstić information content (AvgIpc) is 2.61. The smallest absolute Gasteiger partial charge is 0.246 e. The fourth-order valence-electron chi connectivity index (χ4n) is 2.32. The zero-order valence-electron chi connectivity index (χ0n) is 14.8. The van der Waals surface area contributed by atoms with E-state index in [0.717, 1.165) is 0 Å². The molecule has 0 saturated carbocycles. The first kappa shape index (κ1) is 18.8. The second-order valence-corrected chi connectivity index (χ2v) is 5.64. The number of anilines is 3. The molecule has 0 spiro atoms. The second-order valence-electron chi connectivity index (χ2n) is 5.64. The third-order valence-electron chi connectivity index (χ3n) is 3.54. The number of amides is 2. The molecular weight excluding hydrogens is 332 g/mol. The summed E-state index contributed by atoms with van der Waals surface area (Å²) in [4.78, 5) is 23.6. The maximum Gasteiger partial charge on any atom is 0.246 e. The minimum Gasteiger partial charge on any atom is -0.495 e. The van der Waals surface area contributed by atoms with Crippen molar-refractivity contribution in [3.63, 3.8) is 0 Å². The first-order valence-electron chi connectivity index (χ1n) is 7.96. The normalized spacial score (nSPS) is 11.0. The minimum absolute atomic E-state index is 0.190. The van der Waals surface area contributed by atoms with Crippen molar-refractivity contribution in [2.45, 2.75) is 19.9 Å². The molecule has 2 aromatic carbocycles. The summed E-state index contributed by atoms with van der Waals surface area (Å²) >= 11 is 0. The van der Waals surface area contributed by atoms with E-state index in [9.17, 15) is 9.59 Å². The summed E-state index contributed by atoms with van der Waals surface area (Å²) in [5.41, 5.74) is 2.18. The van der Waals surface area contributed by atoms with Crippen LogP contribution in [0.5, 0.6) is 5.75 Å². The predicted molar refractivity (Wildman–Crippen MR) is 100 cm³/mol. The molecule has 7 nitrogen and oxygen atoms in total. The van der Waals surface area contributed by atoms with Crippen molar-refractivity contribution in [2.24, 2.45) is 0 Å². The van der Waals surface area contributed by atoms with Crippen LogP contribution in [0.15, 0.2) is 42.5 Å². The topological polar surface area (TPSA) is 103 Å². The van der Waals surface area contributed by atoms with E-state index in [1.54, 1.807) is 49.4 Å². The first-order valence-corrected chi connectivity index (χ1v) is 7.96. The molecule has 1 unspecified atom stereocenters. The van der Waals surface area contributed by atoms with Gasteiger partial charge < -0.3 is 20.7 Å². The van der Waals surface area contributed by atoms with Gasteiger partial charge in [0.05, 0.1) is 24.4 Å². The van der Waals surface area contributed by atoms with Crippen LogP contribution >= 0.6 is 0 Å². The molecule has 0 fully saturated rings. The van der Waals surface area contributed by atoms with Gasteiger partial charge in [-0.15, -0.1) is 0 Å². The van der Waals surface area contributed by atoms with Crippen LogP contribution in [0.4, 0.5) is 17.1 Å². The lowest BCUT2D eigenvalue weighted by Crippen LogP contribution is -2.32. The Labute approximate surface area is 152 Å². The molecule has 0 aliphatic carbocycles. The van der Waals surface area contributed by atoms with Gasteiger partial charge in [-0.05, 0) is 43.3 Å². The van der Waals surface area contributed by atoms with Crippen LogP contribution in [0.1, 0.15) is 19.4 Å². The number of rotatable bonds is 6. The Morgan fingerprint density at radius 3 is 2.50 bits per heavy atom. The summed E-state index contributed by atoms with van der Waals surface area (Å²) in [6.07, 6.45) is 0. The van der Waals surface area contributed by atoms with Crippen molar-refractivity contribution >= 4 is 28.9 Å². The summed E-state index contributed by atoms with van der Waals surface area (Å²) < 4.78 is 5.29. The Bertz CT molecular complexity index is 858. The fraction of sp³-hybridized carbons (Fsp3) is 0.211. The van der Waals surface area contributed by atoms with Gasteiger partial charge in [-0.3, -0.25) is 9.59 Å². The summed E-state index contributed by atoms with van der Waals surface area (Å²) in [5, 5.41) is 17.4. The van der Waals surface area contributed by atoms with E-state index in [4.69, 9.17) is 10.00 Å². The monoisotopic (exact) mass is 352 g/mol. The molecular formula is C19H20N4O3. The fourth-order valence-corrected chi connectivity index (χ4v) is 2.32. The molecule has 0 saturated heterocycles. The van der Waals surface area contributed by atoms with Crippen LogP contribution in [-0.2, 0) is 9.59 Å². The number of nitriles is 1. The van der Waals surface area contributed by atoms with E-state index in [1.165, 1.54) is 14.0 Å². The number of nitrogens with zero attached hydrogens (tertiary/aromatic N) is 1. The molecule has 0 radical (unpaired) electrons. The Morgan fingerprint density at radius 1 is 1.12 bits per heavy atom. The Kier molecular flexibility index (Phi) is 6.17. The van der Waals surface area contributed by atoms with E-state index >= 15 is 0 Å². The number of nitrogens with one attached hydrogen (secondary N) is 3. The lowest BCUT2D eigenvalue weighted by molar-refractivity contribution is -0.116. The van der Waals surface area contributed by atoms with Crippen molar-refractivity contribution in [1.82, 2.24) is 0 Å². The number of hydrogen-bond donors (Lipinski definition) is 3. The predicted octanol–water partition coefficient (Wildman–Crippen LogP) is 2.96. The van der Waals surface area contributed by atoms with E-state index in [1.807, 2.05) is 6.07 Å². The molecule has 134 valence electrons. The van der Waals surface area contributed by atoms with Gasteiger partial charge in [0.1, 0.15) is 11.8 Å². The number of carbonyl (C=O) groups is 2. The Morgan fingerprint density at radius 2 is 1.85 bits per heavy atom. The van der Waals surface area contributed by atoms with Crippen LogP contribution < -0.4 is 20.7 Å². The largest absolute Gasteiger partial charge is 0.495 e. The maximum absolute atomic E-state index is 12.4. The van der Waals surface area contributed by atoms with Gasteiger partial charge in [0, 0.05) is 18.3 Å². The molecule has 3 N–H and O–H groups in total. The zero-order valence-corrected chi connectivity index (χ0v) is 14.8. The third kappa shape index (κ3) is 4.98. The molecule has 0 aliphatic heterocycles. The van der Waals surface area contributed by atoms with Crippen molar-refractivity contribution in [3.05, 3.63) is 48.0 Å². The van der Waals surface area contributed by atoms with Gasteiger partial charge in [0.25, 0.3) is 0 Å². The molecule has 1 atom stereocenters. The maximum atomic E-state index is 12.4. The highest BCUT2D eigenvalue weighted by Crippen LogP contribution is 2.28. The minimum atomic E-state index is -0.581. The number of ether oxygens (including phenoxy) is 1. The van der Waals surface area contributed by atoms with E-state index in [-0.39, 0.29) is 11.8 Å². The van der Waals surface area contributed by atoms with Gasteiger partial charge in [-0.2, -0.15) is 5.26 Å². The number of carbonyl (C=O) groups excluding carboxylic acids is 2. The summed E-state index contributed by atoms with van der Waals surface area (Å²) in [6, 6.07) is 13.2. The second kappa shape index (κ2) is 8.53. The molecule has 0 heterocycles. The van der Waals surface area contributed by atoms with Crippen molar-refractivity contribution < 1.29 is 14.3 Å². The van der Waals surface area contributed by atoms with E-state index in [2.05, 4.69) is 16.0 Å². The molecule has 7 heteroatoms. The zero-order chi connectivity index (χ0) is 19.1. The lowest BCUT2D eigenvalue weighted by Gasteiger charge is -2.18. The van der Waals surface area contributed by atoms with E-state index < -0.39 is 6.04 Å². The molecule has 2 aromatic rings. The van der Waals surface area contributed by atoms with Gasteiger partial charge in [-0.25, -0.2) is 0 Å². The number of hydrogen-bond acceptors (Lipinski definition) is 5. The highest BCUT2D eigenvalue weighted by molar-refractivity contribution is 5.97. The van der Waals surface area contributed by atoms with Crippen molar-refractivity contribution in [1.29, 1.82) is 5.26 Å². The van der Waals surface area contributed by atoms with Crippen LogP contribution in [-0.4, -0.2) is 25.0 Å². The molecule has 0 aliphatic rings. The van der Waals surface area contributed by atoms with Crippen LogP contribution in [0.2, 0.25) is 0 Å². The van der Waals surface area contributed by atoms with Crippen LogP contribution in [0.25, 0.3) is 0 Å². The lowest BCUT2D eigenvalue weighted by atomic mass is 10.2. The highest BCUT2D eigenvalue weighted by Gasteiger charge is 2.16. The van der Waals surface area contributed by atoms with Crippen molar-refractivity contribution in [3.8, 4) is 11.8 Å². The summed E-state index contributed by atoms with van der Waals surface area (Å²) in [5.74, 6) is 0.0848. The van der Waals surface area contributed by atoms with Crippen LogP contribution in [0.3, 0.4) is 0 Å². The molecule has 0 bridgehead atoms. The van der Waals surface area contributed by atoms with Gasteiger partial charge >= 0.3 is 0 Å². The quantitative estimate of drug-likeness (QED) is 0.741. The molecule has 2 amide bonds. The van der Waals surface area contributed by atoms with Gasteiger partial charge in [-0.1, -0.05) is 6.07 Å². The standard InChI is InChI=1S/C19H20N4O3/c1-12(19(25)23-15-6-4-5-14(9-15)11-20)21-17-10-16(22-13(2)24)7-8-18(17)26-3/h4-10,12,21H,1-3H3,(H,22,24)(H,23,25). The third-order valence-corrected chi connectivity index (χ3v) is 3.54. The first-order chi connectivity index (χ1) is 12.4. The summed E-state index contributed by atoms with van der Waals surface area (Å²) in [6.45, 7) is 3.12. The summed E-state index contributed by atoms with van der Waals surface area (Å²) in [7, 11) is 1.52. The average molecular weight is 352 g/mol.